The van der Waals surface area contributed by atoms with Gasteiger partial charge in [0.25, 0.3) is 0 Å². The molecule has 2 aliphatic rings. The van der Waals surface area contributed by atoms with Gasteiger partial charge in [0.05, 0.1) is 6.10 Å². The molecule has 2 rings (SSSR count). The van der Waals surface area contributed by atoms with Gasteiger partial charge in [-0.3, -0.25) is 9.69 Å². The number of carbonyl (C=O) groups is 2. The highest BCUT2D eigenvalue weighted by Crippen LogP contribution is 2.14. The van der Waals surface area contributed by atoms with Crippen molar-refractivity contribution in [1.29, 1.82) is 0 Å². The van der Waals surface area contributed by atoms with E-state index in [4.69, 9.17) is 9.84 Å². The monoisotopic (exact) mass is 299 g/mol. The van der Waals surface area contributed by atoms with Gasteiger partial charge in [-0.15, -0.1) is 0 Å². The van der Waals surface area contributed by atoms with Crippen LogP contribution in [0.15, 0.2) is 0 Å². The lowest BCUT2D eigenvalue weighted by atomic mass is 10.2. The maximum absolute atomic E-state index is 12.4. The van der Waals surface area contributed by atoms with Gasteiger partial charge < -0.3 is 19.6 Å². The first-order valence-electron chi connectivity index (χ1n) is 7.57. The molecule has 0 aromatic carbocycles. The molecule has 0 radical (unpaired) electrons. The topological polar surface area (TPSA) is 73.3 Å². The molecular weight excluding hydrogens is 274 g/mol. The van der Waals surface area contributed by atoms with Crippen molar-refractivity contribution in [1.82, 2.24) is 14.7 Å². The van der Waals surface area contributed by atoms with E-state index in [9.17, 15) is 9.59 Å². The molecule has 2 fully saturated rings. The van der Waals surface area contributed by atoms with Crippen LogP contribution >= 0.6 is 0 Å². The number of carboxylic acid groups (broad SMARTS) is 1. The summed E-state index contributed by atoms with van der Waals surface area (Å²) in [6, 6.07) is -0.486. The van der Waals surface area contributed by atoms with E-state index in [1.165, 1.54) is 0 Å². The van der Waals surface area contributed by atoms with Crippen LogP contribution in [-0.4, -0.2) is 90.3 Å². The van der Waals surface area contributed by atoms with Crippen molar-refractivity contribution in [3.05, 3.63) is 0 Å². The molecule has 0 aromatic rings. The molecule has 2 unspecified atom stereocenters. The maximum atomic E-state index is 12.4. The molecule has 0 aromatic heterocycles. The fourth-order valence-electron chi connectivity index (χ4n) is 2.87. The van der Waals surface area contributed by atoms with Gasteiger partial charge in [-0.1, -0.05) is 0 Å². The summed E-state index contributed by atoms with van der Waals surface area (Å²) in [5.74, 6) is -0.815. The first-order valence-corrected chi connectivity index (χ1v) is 7.57. The molecule has 120 valence electrons. The lowest BCUT2D eigenvalue weighted by Gasteiger charge is -2.38. The van der Waals surface area contributed by atoms with Crippen LogP contribution in [0.4, 0.5) is 4.79 Å². The maximum Gasteiger partial charge on any atom is 0.320 e. The highest BCUT2D eigenvalue weighted by molar-refractivity contribution is 5.75. The third-order valence-corrected chi connectivity index (χ3v) is 4.32. The van der Waals surface area contributed by atoms with Gasteiger partial charge in [-0.25, -0.2) is 4.79 Å². The number of hydrogen-bond acceptors (Lipinski definition) is 4. The van der Waals surface area contributed by atoms with Crippen LogP contribution in [0.5, 0.6) is 0 Å². The second-order valence-corrected chi connectivity index (χ2v) is 5.84. The van der Waals surface area contributed by atoms with E-state index in [2.05, 4.69) is 0 Å². The standard InChI is InChI=1S/C14H25N3O4/c1-11(13(18)19)16-5-7-17(8-6-16)14(20)15(2)10-12-4-3-9-21-12/h11-12H,3-10H2,1-2H3,(H,18,19). The molecule has 1 N–H and O–H groups in total. The van der Waals surface area contributed by atoms with Crippen molar-refractivity contribution >= 4 is 12.0 Å². The van der Waals surface area contributed by atoms with Gasteiger partial charge in [0.2, 0.25) is 0 Å². The number of amides is 2. The highest BCUT2D eigenvalue weighted by Gasteiger charge is 2.29. The predicted octanol–water partition coefficient (Wildman–Crippen LogP) is 0.308. The van der Waals surface area contributed by atoms with Crippen molar-refractivity contribution in [2.45, 2.75) is 31.9 Å². The third kappa shape index (κ3) is 4.07. The lowest BCUT2D eigenvalue weighted by Crippen LogP contribution is -2.55. The summed E-state index contributed by atoms with van der Waals surface area (Å²) in [4.78, 5) is 28.7. The Morgan fingerprint density at radius 2 is 2.00 bits per heavy atom. The first-order chi connectivity index (χ1) is 9.99. The van der Waals surface area contributed by atoms with Gasteiger partial charge >= 0.3 is 12.0 Å². The zero-order valence-electron chi connectivity index (χ0n) is 12.8. The van der Waals surface area contributed by atoms with E-state index >= 15 is 0 Å². The Bertz CT molecular complexity index is 376. The van der Waals surface area contributed by atoms with E-state index in [-0.39, 0.29) is 12.1 Å². The predicted molar refractivity (Wildman–Crippen MR) is 77.2 cm³/mol. The molecule has 2 atom stereocenters. The summed E-state index contributed by atoms with van der Waals surface area (Å²) >= 11 is 0. The van der Waals surface area contributed by atoms with E-state index in [1.54, 1.807) is 23.8 Å². The van der Waals surface area contributed by atoms with Gasteiger partial charge in [0.1, 0.15) is 6.04 Å². The van der Waals surface area contributed by atoms with Crippen LogP contribution in [0.2, 0.25) is 0 Å². The largest absolute Gasteiger partial charge is 0.480 e. The normalized spacial score (nSPS) is 24.9. The number of hydrogen-bond donors (Lipinski definition) is 1. The summed E-state index contributed by atoms with van der Waals surface area (Å²) in [6.07, 6.45) is 2.24. The average molecular weight is 299 g/mol. The molecule has 2 aliphatic heterocycles. The molecule has 0 spiro atoms. The second kappa shape index (κ2) is 7.09. The van der Waals surface area contributed by atoms with Crippen molar-refractivity contribution in [2.75, 3.05) is 46.4 Å². The first kappa shape index (κ1) is 16.0. The molecule has 21 heavy (non-hydrogen) atoms. The Morgan fingerprint density at radius 1 is 1.33 bits per heavy atom. The molecule has 0 bridgehead atoms. The number of carbonyl (C=O) groups excluding carboxylic acids is 1. The molecule has 7 heteroatoms. The summed E-state index contributed by atoms with van der Waals surface area (Å²) in [7, 11) is 1.80. The number of ether oxygens (including phenoxy) is 1. The van der Waals surface area contributed by atoms with Crippen molar-refractivity contribution in [3.63, 3.8) is 0 Å². The number of aliphatic carboxylic acids is 1. The number of carboxylic acids is 1. The summed E-state index contributed by atoms with van der Waals surface area (Å²) in [6.45, 7) is 5.46. The van der Waals surface area contributed by atoms with E-state index in [1.807, 2.05) is 4.90 Å². The molecule has 7 nitrogen and oxygen atoms in total. The van der Waals surface area contributed by atoms with Crippen LogP contribution < -0.4 is 0 Å². The molecule has 0 aliphatic carbocycles. The fraction of sp³-hybridized carbons (Fsp3) is 0.857. The fourth-order valence-corrected chi connectivity index (χ4v) is 2.87. The minimum absolute atomic E-state index is 0.00753. The number of nitrogens with zero attached hydrogens (tertiary/aromatic N) is 3. The lowest BCUT2D eigenvalue weighted by molar-refractivity contribution is -0.143. The number of rotatable bonds is 4. The van der Waals surface area contributed by atoms with E-state index in [0.717, 1.165) is 19.4 Å². The summed E-state index contributed by atoms with van der Waals surface area (Å²) in [5.41, 5.74) is 0. The van der Waals surface area contributed by atoms with E-state index in [0.29, 0.717) is 32.7 Å². The zero-order chi connectivity index (χ0) is 15.4. The Morgan fingerprint density at radius 3 is 2.52 bits per heavy atom. The van der Waals surface area contributed by atoms with E-state index < -0.39 is 12.0 Å². The van der Waals surface area contributed by atoms with Crippen molar-refractivity contribution < 1.29 is 19.4 Å². The Balaban J connectivity index is 1.78. The van der Waals surface area contributed by atoms with Gasteiger partial charge in [-0.2, -0.15) is 0 Å². The molecule has 2 saturated heterocycles. The van der Waals surface area contributed by atoms with Crippen LogP contribution in [0.3, 0.4) is 0 Å². The average Bonchev–Trinajstić information content (AvgIpc) is 2.98. The quantitative estimate of drug-likeness (QED) is 0.808. The van der Waals surface area contributed by atoms with Gasteiger partial charge in [-0.05, 0) is 19.8 Å². The van der Waals surface area contributed by atoms with Crippen LogP contribution in [0.1, 0.15) is 19.8 Å². The second-order valence-electron chi connectivity index (χ2n) is 5.84. The summed E-state index contributed by atoms with van der Waals surface area (Å²) < 4.78 is 5.55. The summed E-state index contributed by atoms with van der Waals surface area (Å²) in [5, 5.41) is 9.01. The Hall–Kier alpha value is -1.34. The van der Waals surface area contributed by atoms with Gasteiger partial charge in [0.15, 0.2) is 0 Å². The molecule has 2 amide bonds. The minimum atomic E-state index is -0.815. The van der Waals surface area contributed by atoms with Crippen LogP contribution in [0.25, 0.3) is 0 Å². The van der Waals surface area contributed by atoms with Gasteiger partial charge in [0, 0.05) is 46.4 Å². The zero-order valence-corrected chi connectivity index (χ0v) is 12.8. The number of likely N-dealkylation sites (N-methyl/N-ethyl adjacent to an activating group) is 1. The number of piperazine rings is 1. The molecule has 2 heterocycles. The Kier molecular flexibility index (Phi) is 5.41. The Labute approximate surface area is 125 Å². The van der Waals surface area contributed by atoms with Crippen LogP contribution in [-0.2, 0) is 9.53 Å². The smallest absolute Gasteiger partial charge is 0.320 e. The molecular formula is C14H25N3O4. The molecule has 0 saturated carbocycles. The minimum Gasteiger partial charge on any atom is -0.480 e. The number of urea groups is 1. The van der Waals surface area contributed by atoms with Crippen molar-refractivity contribution in [3.8, 4) is 0 Å². The van der Waals surface area contributed by atoms with Crippen molar-refractivity contribution in [2.24, 2.45) is 0 Å². The van der Waals surface area contributed by atoms with Crippen LogP contribution in [0, 0.1) is 0 Å². The highest BCUT2D eigenvalue weighted by atomic mass is 16.5. The SMILES string of the molecule is CC(C(=O)O)N1CCN(C(=O)N(C)CC2CCCO2)CC1. The third-order valence-electron chi connectivity index (χ3n) is 4.32.